The van der Waals surface area contributed by atoms with E-state index >= 15 is 0 Å². The molecule has 0 saturated carbocycles. The minimum Gasteiger partial charge on any atom is -0.360 e. The third-order valence-corrected chi connectivity index (χ3v) is 7.79. The van der Waals surface area contributed by atoms with E-state index in [1.165, 1.54) is 0 Å². The van der Waals surface area contributed by atoms with Crippen molar-refractivity contribution in [3.8, 4) is 22.5 Å². The number of nitrogens with zero attached hydrogens (tertiary/aromatic N) is 4. The van der Waals surface area contributed by atoms with Gasteiger partial charge in [-0.2, -0.15) is 0 Å². The molecule has 0 unspecified atom stereocenters. The fourth-order valence-corrected chi connectivity index (χ4v) is 5.32. The van der Waals surface area contributed by atoms with Crippen LogP contribution in [0.1, 0.15) is 48.8 Å². The molecule has 0 aliphatic carbocycles. The van der Waals surface area contributed by atoms with Crippen molar-refractivity contribution in [2.75, 3.05) is 0 Å². The Kier molecular flexibility index (Phi) is 5.09. The van der Waals surface area contributed by atoms with Crippen LogP contribution in [0.3, 0.4) is 0 Å². The van der Waals surface area contributed by atoms with E-state index in [1.807, 2.05) is 24.8 Å². The molecule has 1 aliphatic heterocycles. The van der Waals surface area contributed by atoms with Gasteiger partial charge in [0.2, 0.25) is 0 Å². The number of thiazole rings is 2. The molecule has 8 bridgehead atoms. The van der Waals surface area contributed by atoms with Gasteiger partial charge in [-0.05, 0) is 30.9 Å². The van der Waals surface area contributed by atoms with Crippen LogP contribution in [0.4, 0.5) is 0 Å². The Labute approximate surface area is 192 Å². The van der Waals surface area contributed by atoms with Crippen LogP contribution in [-0.2, 0) is 31.9 Å². The number of hydrogen-bond acceptors (Lipinski definition) is 6. The quantitative estimate of drug-likeness (QED) is 0.252. The zero-order valence-electron chi connectivity index (χ0n) is 16.5. The minimum absolute atomic E-state index is 0. The van der Waals surface area contributed by atoms with Crippen molar-refractivity contribution in [3.05, 3.63) is 68.8 Å². The standard InChI is InChI=1S/C22H19N4S2.Pt/c1-21(2)15-5-13(7-23-9-15)18-12-28-20(26-18)22(3,4)16-6-14(8-24-10-16)17-11-27-19(21)25-17;/h5,7-12H,1-4H3;/q-1;. The summed E-state index contributed by atoms with van der Waals surface area (Å²) >= 11 is 3.34. The molecule has 29 heavy (non-hydrogen) atoms. The Morgan fingerprint density at radius 1 is 0.793 bits per heavy atom. The largest absolute Gasteiger partial charge is 0.360 e. The number of pyridine rings is 2. The molecule has 4 nitrogen and oxygen atoms in total. The van der Waals surface area contributed by atoms with Crippen molar-refractivity contribution >= 4 is 22.7 Å². The normalized spacial score (nSPS) is 15.9. The van der Waals surface area contributed by atoms with Crippen LogP contribution in [0.25, 0.3) is 22.5 Å². The van der Waals surface area contributed by atoms with Crippen LogP contribution >= 0.6 is 22.7 Å². The van der Waals surface area contributed by atoms with Gasteiger partial charge in [0.25, 0.3) is 0 Å². The summed E-state index contributed by atoms with van der Waals surface area (Å²) in [5.74, 6) is 0. The van der Waals surface area contributed by atoms with E-state index in [0.717, 1.165) is 43.7 Å². The summed E-state index contributed by atoms with van der Waals surface area (Å²) in [7, 11) is 0. The number of aromatic nitrogens is 4. The smallest absolute Gasteiger partial charge is 0.102 e. The van der Waals surface area contributed by atoms with Gasteiger partial charge in [0, 0.05) is 60.9 Å². The van der Waals surface area contributed by atoms with E-state index in [-0.39, 0.29) is 31.9 Å². The van der Waals surface area contributed by atoms with Crippen molar-refractivity contribution in [3.63, 3.8) is 0 Å². The Hall–Kier alpha value is -1.75. The maximum Gasteiger partial charge on any atom is 0.102 e. The number of hydrogen-bond donors (Lipinski definition) is 0. The predicted molar refractivity (Wildman–Crippen MR) is 114 cm³/mol. The molecule has 0 saturated heterocycles. The summed E-state index contributed by atoms with van der Waals surface area (Å²) in [6.07, 6.45) is 7.55. The summed E-state index contributed by atoms with van der Waals surface area (Å²) in [5.41, 5.74) is 5.44. The predicted octanol–water partition coefficient (Wildman–Crippen LogP) is 5.49. The van der Waals surface area contributed by atoms with E-state index < -0.39 is 0 Å². The molecule has 5 rings (SSSR count). The third-order valence-electron chi connectivity index (χ3n) is 5.46. The summed E-state index contributed by atoms with van der Waals surface area (Å²) in [6.45, 7) is 8.72. The van der Waals surface area contributed by atoms with Crippen LogP contribution < -0.4 is 0 Å². The third kappa shape index (κ3) is 3.31. The fourth-order valence-electron chi connectivity index (χ4n) is 3.38. The molecule has 0 aromatic carbocycles. The molecule has 0 amide bonds. The first-order chi connectivity index (χ1) is 13.4. The molecule has 5 heterocycles. The van der Waals surface area contributed by atoms with Crippen molar-refractivity contribution in [1.29, 1.82) is 0 Å². The first-order valence-electron chi connectivity index (χ1n) is 9.12. The van der Waals surface area contributed by atoms with E-state index in [1.54, 1.807) is 22.7 Å². The van der Waals surface area contributed by atoms with Gasteiger partial charge in [0.1, 0.15) is 5.01 Å². The van der Waals surface area contributed by atoms with Gasteiger partial charge in [0.15, 0.2) is 0 Å². The van der Waals surface area contributed by atoms with E-state index in [4.69, 9.17) is 9.97 Å². The van der Waals surface area contributed by atoms with E-state index in [9.17, 15) is 0 Å². The van der Waals surface area contributed by atoms with Gasteiger partial charge in [0.05, 0.1) is 10.7 Å². The molecule has 0 radical (unpaired) electrons. The summed E-state index contributed by atoms with van der Waals surface area (Å²) in [5, 5.41) is 6.30. The topological polar surface area (TPSA) is 51.6 Å². The zero-order chi connectivity index (χ0) is 19.5. The molecule has 150 valence electrons. The Balaban J connectivity index is 0.00000205. The van der Waals surface area contributed by atoms with Crippen molar-refractivity contribution < 1.29 is 21.1 Å². The second-order valence-electron chi connectivity index (χ2n) is 8.15. The summed E-state index contributed by atoms with van der Waals surface area (Å²) in [4.78, 5) is 18.9. The summed E-state index contributed by atoms with van der Waals surface area (Å²) < 4.78 is 0. The SMILES string of the molecule is CC1(C)c2[c-]c(cnc2)-c2csc(n2)C(C)(C)c2cncc(c2)-c2csc1n2.[Pt]. The van der Waals surface area contributed by atoms with E-state index in [0.29, 0.717) is 0 Å². The van der Waals surface area contributed by atoms with Crippen LogP contribution in [0, 0.1) is 6.07 Å². The molecule has 0 N–H and O–H groups in total. The van der Waals surface area contributed by atoms with Crippen LogP contribution in [0.5, 0.6) is 0 Å². The van der Waals surface area contributed by atoms with E-state index in [2.05, 4.69) is 60.6 Å². The molecule has 7 heteroatoms. The average Bonchev–Trinajstić information content (AvgIpc) is 3.38. The first-order valence-corrected chi connectivity index (χ1v) is 10.9. The molecule has 0 spiro atoms. The molecule has 4 aromatic rings. The minimum atomic E-state index is -0.292. The Morgan fingerprint density at radius 2 is 1.45 bits per heavy atom. The van der Waals surface area contributed by atoms with Gasteiger partial charge in [-0.1, -0.05) is 26.2 Å². The van der Waals surface area contributed by atoms with Crippen LogP contribution in [0.2, 0.25) is 0 Å². The van der Waals surface area contributed by atoms with Crippen LogP contribution in [0.15, 0.2) is 41.6 Å². The molecule has 4 aromatic heterocycles. The van der Waals surface area contributed by atoms with Crippen molar-refractivity contribution in [2.24, 2.45) is 0 Å². The Morgan fingerprint density at radius 3 is 2.24 bits per heavy atom. The van der Waals surface area contributed by atoms with Gasteiger partial charge in [-0.25, -0.2) is 4.98 Å². The summed E-state index contributed by atoms with van der Waals surface area (Å²) in [6, 6.07) is 5.75. The molecular weight excluding hydrogens is 579 g/mol. The zero-order valence-corrected chi connectivity index (χ0v) is 20.4. The van der Waals surface area contributed by atoms with Gasteiger partial charge in [-0.3, -0.25) is 9.97 Å². The van der Waals surface area contributed by atoms with Crippen LogP contribution in [-0.4, -0.2) is 19.9 Å². The second kappa shape index (κ2) is 7.19. The average molecular weight is 599 g/mol. The number of fused-ring (bicyclic) bond motifs is 10. The molecule has 0 fully saturated rings. The van der Waals surface area contributed by atoms with Gasteiger partial charge in [-0.15, -0.1) is 39.9 Å². The van der Waals surface area contributed by atoms with Gasteiger partial charge >= 0.3 is 0 Å². The number of rotatable bonds is 0. The fraction of sp³-hybridized carbons (Fsp3) is 0.273. The molecule has 1 aliphatic rings. The maximum atomic E-state index is 4.96. The van der Waals surface area contributed by atoms with Gasteiger partial charge < -0.3 is 4.98 Å². The first kappa shape index (κ1) is 20.5. The maximum absolute atomic E-state index is 4.96. The second-order valence-corrected chi connectivity index (χ2v) is 9.86. The monoisotopic (exact) mass is 598 g/mol. The molecule has 0 atom stereocenters. The van der Waals surface area contributed by atoms with Crippen molar-refractivity contribution in [1.82, 2.24) is 19.9 Å². The molecular formula is C22H19N4PtS2-. The van der Waals surface area contributed by atoms with Crippen molar-refractivity contribution in [2.45, 2.75) is 38.5 Å². The Bertz CT molecular complexity index is 1100.